The molecule has 0 unspecified atom stereocenters. The Hall–Kier alpha value is -1.89. The quantitative estimate of drug-likeness (QED) is 0.720. The first-order valence-electron chi connectivity index (χ1n) is 11.1. The Bertz CT molecular complexity index is 862. The van der Waals surface area contributed by atoms with E-state index in [9.17, 15) is 13.2 Å². The molecule has 0 radical (unpaired) electrons. The first kappa shape index (κ1) is 22.8. The predicted octanol–water partition coefficient (Wildman–Crippen LogP) is 4.73. The molecule has 1 amide bonds. The van der Waals surface area contributed by atoms with E-state index in [1.165, 1.54) is 12.1 Å². The van der Waals surface area contributed by atoms with E-state index in [-0.39, 0.29) is 16.7 Å². The Balaban J connectivity index is 1.56. The molecule has 7 heteroatoms. The summed E-state index contributed by atoms with van der Waals surface area (Å²) >= 11 is 0. The third-order valence-corrected chi connectivity index (χ3v) is 7.78. The number of carbonyl (C=O) groups is 1. The van der Waals surface area contributed by atoms with Crippen LogP contribution in [0.25, 0.3) is 0 Å². The molecule has 0 bridgehead atoms. The summed E-state index contributed by atoms with van der Waals surface area (Å²) in [6.07, 6.45) is 7.65. The number of nitrogens with zero attached hydrogens (tertiary/aromatic N) is 1. The summed E-state index contributed by atoms with van der Waals surface area (Å²) in [7, 11) is -3.66. The van der Waals surface area contributed by atoms with E-state index in [0.29, 0.717) is 35.8 Å². The maximum Gasteiger partial charge on any atom is 0.262 e. The highest BCUT2D eigenvalue weighted by molar-refractivity contribution is 7.90. The number of rotatable bonds is 4. The van der Waals surface area contributed by atoms with Gasteiger partial charge in [0, 0.05) is 24.6 Å². The van der Waals surface area contributed by atoms with E-state index in [1.54, 1.807) is 12.1 Å². The SMILES string of the molecule is CC(C)(C)C1CCC(C(=O)Nc2ccc(S(=O)(=O)NC3=NCCCCC3)cc2)CC1. The number of sulfonamides is 1. The smallest absolute Gasteiger partial charge is 0.262 e. The van der Waals surface area contributed by atoms with Gasteiger partial charge in [-0.25, -0.2) is 8.42 Å². The van der Waals surface area contributed by atoms with Crippen molar-refractivity contribution in [3.63, 3.8) is 0 Å². The molecule has 0 atom stereocenters. The highest BCUT2D eigenvalue weighted by Crippen LogP contribution is 2.40. The van der Waals surface area contributed by atoms with E-state index >= 15 is 0 Å². The van der Waals surface area contributed by atoms with Gasteiger partial charge in [-0.3, -0.25) is 14.5 Å². The molecule has 1 saturated carbocycles. The lowest BCUT2D eigenvalue weighted by molar-refractivity contribution is -0.121. The number of anilines is 1. The van der Waals surface area contributed by atoms with E-state index in [4.69, 9.17) is 0 Å². The first-order valence-corrected chi connectivity index (χ1v) is 12.6. The summed E-state index contributed by atoms with van der Waals surface area (Å²) in [5, 5.41) is 2.96. The Morgan fingerprint density at radius 3 is 2.30 bits per heavy atom. The fraction of sp³-hybridized carbons (Fsp3) is 0.652. The normalized spacial score (nSPS) is 23.2. The maximum absolute atomic E-state index is 12.6. The Labute approximate surface area is 181 Å². The van der Waals surface area contributed by atoms with E-state index < -0.39 is 10.0 Å². The molecule has 1 heterocycles. The zero-order valence-electron chi connectivity index (χ0n) is 18.4. The second kappa shape index (κ2) is 9.50. The first-order chi connectivity index (χ1) is 14.1. The molecule has 3 rings (SSSR count). The number of amidine groups is 1. The molecule has 1 aromatic carbocycles. The monoisotopic (exact) mass is 433 g/mol. The van der Waals surface area contributed by atoms with Crippen molar-refractivity contribution in [3.8, 4) is 0 Å². The van der Waals surface area contributed by atoms with Gasteiger partial charge in [-0.1, -0.05) is 27.2 Å². The van der Waals surface area contributed by atoms with Gasteiger partial charge in [0.05, 0.1) is 4.90 Å². The average molecular weight is 434 g/mol. The number of nitrogens with one attached hydrogen (secondary N) is 2. The molecule has 1 fully saturated rings. The third-order valence-electron chi connectivity index (χ3n) is 6.38. The molecule has 30 heavy (non-hydrogen) atoms. The van der Waals surface area contributed by atoms with Crippen molar-refractivity contribution in [2.45, 2.75) is 77.0 Å². The Morgan fingerprint density at radius 2 is 1.67 bits per heavy atom. The molecule has 0 saturated heterocycles. The lowest BCUT2D eigenvalue weighted by Crippen LogP contribution is -2.31. The van der Waals surface area contributed by atoms with Crippen molar-refractivity contribution < 1.29 is 13.2 Å². The highest BCUT2D eigenvalue weighted by atomic mass is 32.2. The van der Waals surface area contributed by atoms with Crippen molar-refractivity contribution in [2.75, 3.05) is 11.9 Å². The van der Waals surface area contributed by atoms with Gasteiger partial charge in [-0.05, 0) is 74.1 Å². The minimum absolute atomic E-state index is 0.0296. The molecular formula is C23H35N3O3S. The second-order valence-corrected chi connectivity index (χ2v) is 11.4. The van der Waals surface area contributed by atoms with Crippen LogP contribution in [0.5, 0.6) is 0 Å². The molecule has 2 N–H and O–H groups in total. The van der Waals surface area contributed by atoms with E-state index in [1.807, 2.05) is 0 Å². The lowest BCUT2D eigenvalue weighted by atomic mass is 9.69. The summed E-state index contributed by atoms with van der Waals surface area (Å²) < 4.78 is 27.9. The molecule has 0 spiro atoms. The topological polar surface area (TPSA) is 87.6 Å². The number of carbonyl (C=O) groups excluding carboxylic acids is 1. The number of amides is 1. The summed E-state index contributed by atoms with van der Waals surface area (Å²) in [4.78, 5) is 17.2. The zero-order chi connectivity index (χ0) is 21.8. The van der Waals surface area contributed by atoms with Crippen LogP contribution in [-0.2, 0) is 14.8 Å². The molecule has 166 valence electrons. The van der Waals surface area contributed by atoms with Gasteiger partial charge in [-0.15, -0.1) is 0 Å². The van der Waals surface area contributed by atoms with Crippen molar-refractivity contribution in [1.29, 1.82) is 0 Å². The summed E-state index contributed by atoms with van der Waals surface area (Å²) in [5.41, 5.74) is 0.919. The predicted molar refractivity (Wildman–Crippen MR) is 121 cm³/mol. The molecule has 1 aliphatic carbocycles. The number of hydrogen-bond donors (Lipinski definition) is 2. The maximum atomic E-state index is 12.6. The van der Waals surface area contributed by atoms with Gasteiger partial charge in [0.2, 0.25) is 5.91 Å². The van der Waals surface area contributed by atoms with Crippen molar-refractivity contribution in [2.24, 2.45) is 22.2 Å². The van der Waals surface area contributed by atoms with Crippen LogP contribution in [0, 0.1) is 17.3 Å². The number of benzene rings is 1. The fourth-order valence-corrected chi connectivity index (χ4v) is 5.44. The molecule has 1 aliphatic heterocycles. The van der Waals surface area contributed by atoms with Crippen LogP contribution in [-0.4, -0.2) is 26.7 Å². The number of hydrogen-bond acceptors (Lipinski definition) is 4. The molecule has 0 aromatic heterocycles. The largest absolute Gasteiger partial charge is 0.326 e. The standard InChI is InChI=1S/C23H35N3O3S/c1-23(2,3)18-10-8-17(9-11-18)22(27)25-19-12-14-20(15-13-19)30(28,29)26-21-7-5-4-6-16-24-21/h12-15,17-18H,4-11,16H2,1-3H3,(H,24,26)(H,25,27). The van der Waals surface area contributed by atoms with Gasteiger partial charge in [0.15, 0.2) is 0 Å². The van der Waals surface area contributed by atoms with Crippen LogP contribution in [0.2, 0.25) is 0 Å². The minimum atomic E-state index is -3.66. The van der Waals surface area contributed by atoms with Crippen molar-refractivity contribution in [3.05, 3.63) is 24.3 Å². The van der Waals surface area contributed by atoms with Crippen LogP contribution >= 0.6 is 0 Å². The van der Waals surface area contributed by atoms with E-state index in [2.05, 4.69) is 35.8 Å². The van der Waals surface area contributed by atoms with Crippen LogP contribution in [0.1, 0.15) is 72.1 Å². The molecular weight excluding hydrogens is 398 g/mol. The van der Waals surface area contributed by atoms with Gasteiger partial charge in [0.1, 0.15) is 5.84 Å². The average Bonchev–Trinajstić information content (AvgIpc) is 2.96. The van der Waals surface area contributed by atoms with Crippen LogP contribution in [0.15, 0.2) is 34.2 Å². The van der Waals surface area contributed by atoms with Gasteiger partial charge in [-0.2, -0.15) is 0 Å². The summed E-state index contributed by atoms with van der Waals surface area (Å²) in [5.74, 6) is 1.26. The molecule has 6 nitrogen and oxygen atoms in total. The van der Waals surface area contributed by atoms with Crippen LogP contribution < -0.4 is 10.0 Å². The third kappa shape index (κ3) is 6.06. The van der Waals surface area contributed by atoms with Crippen molar-refractivity contribution in [1.82, 2.24) is 4.72 Å². The number of aliphatic imine (C=N–C) groups is 1. The molecule has 2 aliphatic rings. The lowest BCUT2D eigenvalue weighted by Gasteiger charge is -2.36. The van der Waals surface area contributed by atoms with Gasteiger partial charge < -0.3 is 5.32 Å². The second-order valence-electron chi connectivity index (χ2n) is 9.67. The summed E-state index contributed by atoms with van der Waals surface area (Å²) in [6, 6.07) is 6.38. The zero-order valence-corrected chi connectivity index (χ0v) is 19.2. The van der Waals surface area contributed by atoms with E-state index in [0.717, 1.165) is 44.9 Å². The van der Waals surface area contributed by atoms with Crippen LogP contribution in [0.4, 0.5) is 5.69 Å². The summed E-state index contributed by atoms with van der Waals surface area (Å²) in [6.45, 7) is 7.47. The minimum Gasteiger partial charge on any atom is -0.326 e. The van der Waals surface area contributed by atoms with Gasteiger partial charge >= 0.3 is 0 Å². The Kier molecular flexibility index (Phi) is 7.22. The van der Waals surface area contributed by atoms with Gasteiger partial charge in [0.25, 0.3) is 10.0 Å². The van der Waals surface area contributed by atoms with Crippen molar-refractivity contribution >= 4 is 27.5 Å². The highest BCUT2D eigenvalue weighted by Gasteiger charge is 2.32. The van der Waals surface area contributed by atoms with Crippen LogP contribution in [0.3, 0.4) is 0 Å². The molecule has 1 aromatic rings. The Morgan fingerprint density at radius 1 is 1.00 bits per heavy atom. The fourth-order valence-electron chi connectivity index (χ4n) is 4.35.